The minimum absolute atomic E-state index is 0.129. The molecule has 0 aliphatic carbocycles. The van der Waals surface area contributed by atoms with Crippen LogP contribution in [-0.2, 0) is 0 Å². The molecule has 0 spiro atoms. The van der Waals surface area contributed by atoms with Crippen LogP contribution in [0.4, 0.5) is 0 Å². The van der Waals surface area contributed by atoms with Crippen LogP contribution in [0.2, 0.25) is 0 Å². The van der Waals surface area contributed by atoms with Gasteiger partial charge in [-0.1, -0.05) is 26.7 Å². The molecule has 124 valence electrons. The summed E-state index contributed by atoms with van der Waals surface area (Å²) in [6, 6.07) is 0.169. The molecule has 22 heavy (non-hydrogen) atoms. The Kier molecular flexibility index (Phi) is 6.43. The highest BCUT2D eigenvalue weighted by Gasteiger charge is 2.22. The summed E-state index contributed by atoms with van der Waals surface area (Å²) in [6.07, 6.45) is 7.02. The predicted molar refractivity (Wildman–Crippen MR) is 87.0 cm³/mol. The zero-order chi connectivity index (χ0) is 15.9. The third-order valence-corrected chi connectivity index (χ3v) is 4.20. The van der Waals surface area contributed by atoms with Crippen molar-refractivity contribution in [2.24, 2.45) is 5.92 Å². The SMILES string of the molecule is CC(C)CCCC(C)NC(=O)c1coc(C2CCCNC2)n1. The first-order chi connectivity index (χ1) is 10.6. The van der Waals surface area contributed by atoms with Gasteiger partial charge in [-0.15, -0.1) is 0 Å². The van der Waals surface area contributed by atoms with Gasteiger partial charge < -0.3 is 15.1 Å². The first-order valence-electron chi connectivity index (χ1n) is 8.53. The highest BCUT2D eigenvalue weighted by atomic mass is 16.3. The molecule has 2 atom stereocenters. The zero-order valence-electron chi connectivity index (χ0n) is 14.0. The number of oxazole rings is 1. The van der Waals surface area contributed by atoms with E-state index in [0.717, 1.165) is 38.8 Å². The van der Waals surface area contributed by atoms with Crippen LogP contribution in [0.1, 0.15) is 75.2 Å². The Bertz CT molecular complexity index is 464. The molecule has 1 fully saturated rings. The van der Waals surface area contributed by atoms with E-state index in [1.165, 1.54) is 12.7 Å². The Balaban J connectivity index is 1.80. The lowest BCUT2D eigenvalue weighted by molar-refractivity contribution is 0.0932. The van der Waals surface area contributed by atoms with Gasteiger partial charge >= 0.3 is 0 Å². The molecule has 5 nitrogen and oxygen atoms in total. The summed E-state index contributed by atoms with van der Waals surface area (Å²) in [5.41, 5.74) is 0.399. The molecule has 0 aromatic carbocycles. The molecule has 0 bridgehead atoms. The van der Waals surface area contributed by atoms with E-state index < -0.39 is 0 Å². The van der Waals surface area contributed by atoms with E-state index in [2.05, 4.69) is 29.5 Å². The van der Waals surface area contributed by atoms with Gasteiger partial charge in [-0.2, -0.15) is 0 Å². The highest BCUT2D eigenvalue weighted by molar-refractivity contribution is 5.92. The van der Waals surface area contributed by atoms with Gasteiger partial charge in [-0.3, -0.25) is 4.79 Å². The fraction of sp³-hybridized carbons (Fsp3) is 0.765. The van der Waals surface area contributed by atoms with Gasteiger partial charge in [0.1, 0.15) is 6.26 Å². The second kappa shape index (κ2) is 8.32. The van der Waals surface area contributed by atoms with Gasteiger partial charge in [0.05, 0.1) is 0 Å². The van der Waals surface area contributed by atoms with E-state index in [9.17, 15) is 4.79 Å². The predicted octanol–water partition coefficient (Wildman–Crippen LogP) is 3.09. The molecule has 1 aromatic heterocycles. The number of hydrogen-bond acceptors (Lipinski definition) is 4. The van der Waals surface area contributed by atoms with Gasteiger partial charge in [0, 0.05) is 18.5 Å². The van der Waals surface area contributed by atoms with Crippen molar-refractivity contribution in [1.82, 2.24) is 15.6 Å². The van der Waals surface area contributed by atoms with Crippen molar-refractivity contribution in [2.75, 3.05) is 13.1 Å². The summed E-state index contributed by atoms with van der Waals surface area (Å²) >= 11 is 0. The van der Waals surface area contributed by atoms with Crippen LogP contribution >= 0.6 is 0 Å². The largest absolute Gasteiger partial charge is 0.448 e. The van der Waals surface area contributed by atoms with Crippen LogP contribution in [0.3, 0.4) is 0 Å². The van der Waals surface area contributed by atoms with E-state index >= 15 is 0 Å². The molecule has 1 aliphatic heterocycles. The maximum Gasteiger partial charge on any atom is 0.273 e. The standard InChI is InChI=1S/C17H29N3O2/c1-12(2)6-4-7-13(3)19-16(21)15-11-22-17(20-15)14-8-5-9-18-10-14/h11-14,18H,4-10H2,1-3H3,(H,19,21). The van der Waals surface area contributed by atoms with Crippen LogP contribution in [0.5, 0.6) is 0 Å². The first kappa shape index (κ1) is 17.0. The van der Waals surface area contributed by atoms with Gasteiger partial charge in [0.2, 0.25) is 0 Å². The fourth-order valence-corrected chi connectivity index (χ4v) is 2.84. The second-order valence-corrected chi connectivity index (χ2v) is 6.81. The van der Waals surface area contributed by atoms with Crippen LogP contribution in [0.15, 0.2) is 10.7 Å². The molecule has 1 saturated heterocycles. The third-order valence-electron chi connectivity index (χ3n) is 4.20. The third kappa shape index (κ3) is 5.13. The normalized spacial score (nSPS) is 20.1. The summed E-state index contributed by atoms with van der Waals surface area (Å²) < 4.78 is 5.51. The number of carbonyl (C=O) groups is 1. The van der Waals surface area contributed by atoms with E-state index in [4.69, 9.17) is 4.42 Å². The lowest BCUT2D eigenvalue weighted by Crippen LogP contribution is -2.33. The van der Waals surface area contributed by atoms with Crippen LogP contribution in [0, 0.1) is 5.92 Å². The lowest BCUT2D eigenvalue weighted by atomic mass is 10.00. The molecular weight excluding hydrogens is 278 g/mol. The summed E-state index contributed by atoms with van der Waals surface area (Å²) in [5, 5.41) is 6.34. The minimum Gasteiger partial charge on any atom is -0.448 e. The van der Waals surface area contributed by atoms with Gasteiger partial charge in [-0.05, 0) is 38.6 Å². The smallest absolute Gasteiger partial charge is 0.273 e. The van der Waals surface area contributed by atoms with Gasteiger partial charge in [0.25, 0.3) is 5.91 Å². The summed E-state index contributed by atoms with van der Waals surface area (Å²) in [6.45, 7) is 8.43. The maximum atomic E-state index is 12.2. The average Bonchev–Trinajstić information content (AvgIpc) is 2.97. The van der Waals surface area contributed by atoms with Crippen molar-refractivity contribution < 1.29 is 9.21 Å². The second-order valence-electron chi connectivity index (χ2n) is 6.81. The van der Waals surface area contributed by atoms with Crippen molar-refractivity contribution in [3.05, 3.63) is 17.8 Å². The van der Waals surface area contributed by atoms with E-state index in [1.807, 2.05) is 6.92 Å². The summed E-state index contributed by atoms with van der Waals surface area (Å²) in [5.74, 6) is 1.56. The molecule has 0 radical (unpaired) electrons. The van der Waals surface area contributed by atoms with Crippen molar-refractivity contribution in [3.63, 3.8) is 0 Å². The monoisotopic (exact) mass is 307 g/mol. The van der Waals surface area contributed by atoms with E-state index in [-0.39, 0.29) is 11.9 Å². The molecule has 0 saturated carbocycles. The first-order valence-corrected chi connectivity index (χ1v) is 8.53. The van der Waals surface area contributed by atoms with Crippen molar-refractivity contribution in [2.45, 2.75) is 64.8 Å². The number of nitrogens with one attached hydrogen (secondary N) is 2. The number of nitrogens with zero attached hydrogens (tertiary/aromatic N) is 1. The molecule has 5 heteroatoms. The Hall–Kier alpha value is -1.36. The molecular formula is C17H29N3O2. The molecule has 1 amide bonds. The summed E-state index contributed by atoms with van der Waals surface area (Å²) in [4.78, 5) is 16.6. The maximum absolute atomic E-state index is 12.2. The molecule has 2 unspecified atom stereocenters. The van der Waals surface area contributed by atoms with Crippen molar-refractivity contribution in [3.8, 4) is 0 Å². The Morgan fingerprint density at radius 3 is 2.95 bits per heavy atom. The number of amides is 1. The Morgan fingerprint density at radius 1 is 1.45 bits per heavy atom. The van der Waals surface area contributed by atoms with E-state index in [0.29, 0.717) is 23.4 Å². The van der Waals surface area contributed by atoms with E-state index in [1.54, 1.807) is 0 Å². The Morgan fingerprint density at radius 2 is 2.27 bits per heavy atom. The number of aromatic nitrogens is 1. The topological polar surface area (TPSA) is 67.2 Å². The fourth-order valence-electron chi connectivity index (χ4n) is 2.84. The van der Waals surface area contributed by atoms with Gasteiger partial charge in [-0.25, -0.2) is 4.98 Å². The lowest BCUT2D eigenvalue weighted by Gasteiger charge is -2.19. The van der Waals surface area contributed by atoms with Gasteiger partial charge in [0.15, 0.2) is 11.6 Å². The van der Waals surface area contributed by atoms with Crippen molar-refractivity contribution in [1.29, 1.82) is 0 Å². The minimum atomic E-state index is -0.129. The number of hydrogen-bond donors (Lipinski definition) is 2. The van der Waals surface area contributed by atoms with Crippen molar-refractivity contribution >= 4 is 5.91 Å². The highest BCUT2D eigenvalue weighted by Crippen LogP contribution is 2.22. The molecule has 2 heterocycles. The number of carbonyl (C=O) groups excluding carboxylic acids is 1. The van der Waals surface area contributed by atoms with Crippen LogP contribution in [0.25, 0.3) is 0 Å². The van der Waals surface area contributed by atoms with Crippen LogP contribution in [-0.4, -0.2) is 30.0 Å². The number of rotatable bonds is 7. The Labute approximate surface area is 133 Å². The molecule has 1 aromatic rings. The zero-order valence-corrected chi connectivity index (χ0v) is 14.0. The van der Waals surface area contributed by atoms with Crippen LogP contribution < -0.4 is 10.6 Å². The summed E-state index contributed by atoms with van der Waals surface area (Å²) in [7, 11) is 0. The average molecular weight is 307 g/mol. The molecule has 1 aliphatic rings. The molecule has 2 N–H and O–H groups in total. The quantitative estimate of drug-likeness (QED) is 0.812. The number of piperidine rings is 1. The molecule has 2 rings (SSSR count).